The van der Waals surface area contributed by atoms with E-state index in [9.17, 15) is 0 Å². The highest BCUT2D eigenvalue weighted by atomic mass is 79.9. The second-order valence-corrected chi connectivity index (χ2v) is 7.23. The molecule has 1 aromatic heterocycles. The third-order valence-corrected chi connectivity index (χ3v) is 5.38. The fourth-order valence-electron chi connectivity index (χ4n) is 1.66. The number of halogens is 2. The van der Waals surface area contributed by atoms with Crippen molar-refractivity contribution in [3.63, 3.8) is 0 Å². The van der Waals surface area contributed by atoms with E-state index in [-0.39, 0.29) is 6.04 Å². The van der Waals surface area contributed by atoms with Crippen molar-refractivity contribution in [1.29, 1.82) is 0 Å². The summed E-state index contributed by atoms with van der Waals surface area (Å²) in [7, 11) is 2.13. The molecular formula is C12H20BrClN2S. The Balaban J connectivity index is 2.70. The van der Waals surface area contributed by atoms with Crippen LogP contribution >= 0.6 is 38.9 Å². The summed E-state index contributed by atoms with van der Waals surface area (Å²) in [6.07, 6.45) is 1.19. The normalized spacial score (nSPS) is 13.6. The Morgan fingerprint density at radius 2 is 2.18 bits per heavy atom. The molecule has 0 bridgehead atoms. The molecule has 1 heterocycles. The summed E-state index contributed by atoms with van der Waals surface area (Å²) in [6, 6.07) is 2.35. The van der Waals surface area contributed by atoms with Gasteiger partial charge in [0, 0.05) is 15.9 Å². The molecule has 1 aromatic rings. The first kappa shape index (κ1) is 15.4. The molecule has 1 rings (SSSR count). The van der Waals surface area contributed by atoms with Crippen LogP contribution in [0.5, 0.6) is 0 Å². The Morgan fingerprint density at radius 1 is 1.53 bits per heavy atom. The highest BCUT2D eigenvalue weighted by Gasteiger charge is 2.19. The van der Waals surface area contributed by atoms with Gasteiger partial charge < -0.3 is 5.73 Å². The summed E-state index contributed by atoms with van der Waals surface area (Å²) in [5.41, 5.74) is 5.88. The van der Waals surface area contributed by atoms with Crippen molar-refractivity contribution in [3.8, 4) is 0 Å². The van der Waals surface area contributed by atoms with Crippen LogP contribution in [0.2, 0.25) is 4.34 Å². The molecular weight excluding hydrogens is 320 g/mol. The van der Waals surface area contributed by atoms with Crippen molar-refractivity contribution in [1.82, 2.24) is 4.90 Å². The van der Waals surface area contributed by atoms with E-state index in [4.69, 9.17) is 17.3 Å². The number of hydrogen-bond donors (Lipinski definition) is 1. The lowest BCUT2D eigenvalue weighted by molar-refractivity contribution is 0.239. The smallest absolute Gasteiger partial charge is 0.107 e. The maximum atomic E-state index is 6.07. The zero-order valence-electron chi connectivity index (χ0n) is 10.5. The minimum atomic E-state index is 0.266. The fourth-order valence-corrected chi connectivity index (χ4v) is 3.57. The first-order chi connectivity index (χ1) is 7.95. The Morgan fingerprint density at radius 3 is 2.59 bits per heavy atom. The first-order valence-corrected chi connectivity index (χ1v) is 7.79. The van der Waals surface area contributed by atoms with Gasteiger partial charge in [0.05, 0.1) is 6.04 Å². The average molecular weight is 340 g/mol. The maximum absolute atomic E-state index is 6.07. The molecule has 0 radical (unpaired) electrons. The molecule has 0 saturated carbocycles. The molecule has 0 saturated heterocycles. The lowest BCUT2D eigenvalue weighted by atomic mass is 10.1. The van der Waals surface area contributed by atoms with Gasteiger partial charge in [0.1, 0.15) is 4.34 Å². The standard InChI is InChI=1S/C12H20BrClN2S/c1-8(2)4-5-16(3)10(7-15)11-6-9(13)12(14)17-11/h6,8,10H,4-5,7,15H2,1-3H3. The summed E-state index contributed by atoms with van der Waals surface area (Å²) < 4.78 is 1.77. The molecule has 17 heavy (non-hydrogen) atoms. The maximum Gasteiger partial charge on any atom is 0.107 e. The number of thiophene rings is 1. The van der Waals surface area contributed by atoms with Gasteiger partial charge in [-0.25, -0.2) is 0 Å². The molecule has 98 valence electrons. The number of hydrogen-bond acceptors (Lipinski definition) is 3. The number of rotatable bonds is 6. The molecule has 0 aliphatic carbocycles. The predicted molar refractivity (Wildman–Crippen MR) is 80.9 cm³/mol. The molecule has 0 amide bonds. The quantitative estimate of drug-likeness (QED) is 0.844. The van der Waals surface area contributed by atoms with Crippen LogP contribution < -0.4 is 5.73 Å². The SMILES string of the molecule is CC(C)CCN(C)C(CN)c1cc(Br)c(Cl)s1. The molecule has 0 fully saturated rings. The topological polar surface area (TPSA) is 29.3 Å². The predicted octanol–water partition coefficient (Wildman–Crippen LogP) is 4.14. The zero-order chi connectivity index (χ0) is 13.0. The van der Waals surface area contributed by atoms with Crippen molar-refractivity contribution in [2.24, 2.45) is 11.7 Å². The van der Waals surface area contributed by atoms with Crippen LogP contribution in [0.4, 0.5) is 0 Å². The van der Waals surface area contributed by atoms with Crippen molar-refractivity contribution in [2.75, 3.05) is 20.1 Å². The van der Waals surface area contributed by atoms with Gasteiger partial charge >= 0.3 is 0 Å². The van der Waals surface area contributed by atoms with Gasteiger partial charge in [0.15, 0.2) is 0 Å². The summed E-state index contributed by atoms with van der Waals surface area (Å²) in [6.45, 7) is 6.17. The van der Waals surface area contributed by atoms with Crippen LogP contribution in [0.25, 0.3) is 0 Å². The largest absolute Gasteiger partial charge is 0.329 e. The average Bonchev–Trinajstić information content (AvgIpc) is 2.57. The van der Waals surface area contributed by atoms with Gasteiger partial charge in [-0.3, -0.25) is 4.90 Å². The van der Waals surface area contributed by atoms with E-state index in [0.717, 1.165) is 21.3 Å². The second-order valence-electron chi connectivity index (χ2n) is 4.69. The molecule has 0 aromatic carbocycles. The first-order valence-electron chi connectivity index (χ1n) is 5.80. The van der Waals surface area contributed by atoms with Gasteiger partial charge in [0.25, 0.3) is 0 Å². The number of nitrogens with two attached hydrogens (primary N) is 1. The molecule has 2 N–H and O–H groups in total. The van der Waals surface area contributed by atoms with Gasteiger partial charge in [-0.05, 0) is 47.9 Å². The van der Waals surface area contributed by atoms with Crippen LogP contribution in [0.3, 0.4) is 0 Å². The molecule has 1 atom stereocenters. The van der Waals surface area contributed by atoms with Crippen molar-refractivity contribution in [2.45, 2.75) is 26.3 Å². The Hall–Kier alpha value is 0.390. The van der Waals surface area contributed by atoms with Gasteiger partial charge in [-0.1, -0.05) is 25.4 Å². The van der Waals surface area contributed by atoms with Crippen LogP contribution in [0.1, 0.15) is 31.2 Å². The van der Waals surface area contributed by atoms with Crippen molar-refractivity contribution < 1.29 is 0 Å². The van der Waals surface area contributed by atoms with E-state index in [1.165, 1.54) is 11.3 Å². The van der Waals surface area contributed by atoms with Crippen molar-refractivity contribution >= 4 is 38.9 Å². The van der Waals surface area contributed by atoms with E-state index >= 15 is 0 Å². The molecule has 1 unspecified atom stereocenters. The van der Waals surface area contributed by atoms with Crippen LogP contribution in [0, 0.1) is 5.92 Å². The van der Waals surface area contributed by atoms with E-state index in [1.807, 2.05) is 0 Å². The number of nitrogens with zero attached hydrogens (tertiary/aromatic N) is 1. The van der Waals surface area contributed by atoms with Gasteiger partial charge in [-0.2, -0.15) is 0 Å². The van der Waals surface area contributed by atoms with Gasteiger partial charge in [0.2, 0.25) is 0 Å². The fraction of sp³-hybridized carbons (Fsp3) is 0.667. The highest BCUT2D eigenvalue weighted by Crippen LogP contribution is 2.36. The van der Waals surface area contributed by atoms with E-state index in [2.05, 4.69) is 47.8 Å². The zero-order valence-corrected chi connectivity index (χ0v) is 13.7. The van der Waals surface area contributed by atoms with Crippen LogP contribution in [0.15, 0.2) is 10.5 Å². The number of likely N-dealkylation sites (N-methyl/N-ethyl adjacent to an activating group) is 1. The molecule has 0 aliphatic heterocycles. The molecule has 0 aliphatic rings. The molecule has 5 heteroatoms. The third kappa shape index (κ3) is 4.52. The second kappa shape index (κ2) is 7.10. The van der Waals surface area contributed by atoms with E-state index < -0.39 is 0 Å². The highest BCUT2D eigenvalue weighted by molar-refractivity contribution is 9.10. The summed E-state index contributed by atoms with van der Waals surface area (Å²) in [4.78, 5) is 3.55. The van der Waals surface area contributed by atoms with Crippen LogP contribution in [-0.4, -0.2) is 25.0 Å². The Kier molecular flexibility index (Phi) is 6.45. The third-order valence-electron chi connectivity index (χ3n) is 2.81. The lowest BCUT2D eigenvalue weighted by Gasteiger charge is -2.26. The monoisotopic (exact) mass is 338 g/mol. The summed E-state index contributed by atoms with van der Waals surface area (Å²) in [5.74, 6) is 0.717. The minimum absolute atomic E-state index is 0.266. The Bertz CT molecular complexity index is 335. The summed E-state index contributed by atoms with van der Waals surface area (Å²) >= 11 is 11.1. The van der Waals surface area contributed by atoms with Crippen LogP contribution in [-0.2, 0) is 0 Å². The molecule has 2 nitrogen and oxygen atoms in total. The molecule has 0 spiro atoms. The van der Waals surface area contributed by atoms with Gasteiger partial charge in [-0.15, -0.1) is 11.3 Å². The minimum Gasteiger partial charge on any atom is -0.329 e. The van der Waals surface area contributed by atoms with Crippen molar-refractivity contribution in [3.05, 3.63) is 19.8 Å². The van der Waals surface area contributed by atoms with E-state index in [0.29, 0.717) is 6.54 Å². The lowest BCUT2D eigenvalue weighted by Crippen LogP contribution is -2.31. The summed E-state index contributed by atoms with van der Waals surface area (Å²) in [5, 5.41) is 0. The Labute approximate surface area is 121 Å². The van der Waals surface area contributed by atoms with E-state index in [1.54, 1.807) is 11.3 Å².